The lowest BCUT2D eigenvalue weighted by atomic mass is 10.3. The molecule has 0 aromatic carbocycles. The standard InChI is InChI=1S/C9H16ClNO2S/c10-6-9-2-1-5-11(9)14(12,13)7-8-3-4-8/h8-9H,1-7H2. The number of sulfonamides is 1. The summed E-state index contributed by atoms with van der Waals surface area (Å²) in [5.41, 5.74) is 0. The van der Waals surface area contributed by atoms with E-state index in [1.54, 1.807) is 4.31 Å². The molecule has 2 fully saturated rings. The molecular weight excluding hydrogens is 222 g/mol. The number of halogens is 1. The van der Waals surface area contributed by atoms with Gasteiger partial charge in [0.1, 0.15) is 0 Å². The maximum atomic E-state index is 11.9. The minimum atomic E-state index is -3.01. The van der Waals surface area contributed by atoms with Gasteiger partial charge >= 0.3 is 0 Å². The van der Waals surface area contributed by atoms with Crippen LogP contribution in [0.15, 0.2) is 0 Å². The Morgan fingerprint density at radius 3 is 2.57 bits per heavy atom. The van der Waals surface area contributed by atoms with Crippen molar-refractivity contribution in [2.45, 2.75) is 31.7 Å². The summed E-state index contributed by atoms with van der Waals surface area (Å²) in [7, 11) is -3.01. The van der Waals surface area contributed by atoms with E-state index < -0.39 is 10.0 Å². The third-order valence-electron chi connectivity index (χ3n) is 3.00. The van der Waals surface area contributed by atoms with Gasteiger partial charge in [-0.2, -0.15) is 4.31 Å². The first-order valence-corrected chi connectivity index (χ1v) is 7.33. The number of hydrogen-bond donors (Lipinski definition) is 0. The lowest BCUT2D eigenvalue weighted by Gasteiger charge is -2.22. The van der Waals surface area contributed by atoms with Crippen molar-refractivity contribution in [3.63, 3.8) is 0 Å². The van der Waals surface area contributed by atoms with Gasteiger partial charge in [-0.3, -0.25) is 0 Å². The molecule has 0 aromatic heterocycles. The fourth-order valence-electron chi connectivity index (χ4n) is 2.01. The van der Waals surface area contributed by atoms with E-state index in [9.17, 15) is 8.42 Å². The summed E-state index contributed by atoms with van der Waals surface area (Å²) in [4.78, 5) is 0. The summed E-state index contributed by atoms with van der Waals surface area (Å²) in [5.74, 6) is 1.21. The van der Waals surface area contributed by atoms with Crippen LogP contribution in [0.5, 0.6) is 0 Å². The Hall–Kier alpha value is 0.200. The fourth-order valence-corrected chi connectivity index (χ4v) is 4.57. The molecule has 1 saturated heterocycles. The van der Waals surface area contributed by atoms with Crippen molar-refractivity contribution in [1.29, 1.82) is 0 Å². The Bertz CT molecular complexity index is 300. The van der Waals surface area contributed by atoms with Gasteiger partial charge < -0.3 is 0 Å². The van der Waals surface area contributed by atoms with E-state index in [0.717, 1.165) is 25.7 Å². The Labute approximate surface area is 90.5 Å². The highest BCUT2D eigenvalue weighted by atomic mass is 35.5. The van der Waals surface area contributed by atoms with Crippen molar-refractivity contribution in [1.82, 2.24) is 4.31 Å². The number of nitrogens with zero attached hydrogens (tertiary/aromatic N) is 1. The molecule has 3 nitrogen and oxygen atoms in total. The molecule has 0 aromatic rings. The van der Waals surface area contributed by atoms with Gasteiger partial charge in [0.2, 0.25) is 10.0 Å². The van der Waals surface area contributed by atoms with E-state index >= 15 is 0 Å². The van der Waals surface area contributed by atoms with Crippen LogP contribution < -0.4 is 0 Å². The van der Waals surface area contributed by atoms with Crippen LogP contribution in [0.4, 0.5) is 0 Å². The SMILES string of the molecule is O=S(=O)(CC1CC1)N1CCCC1CCl. The van der Waals surface area contributed by atoms with Crippen molar-refractivity contribution in [3.8, 4) is 0 Å². The molecule has 1 aliphatic carbocycles. The van der Waals surface area contributed by atoms with Crippen LogP contribution in [-0.2, 0) is 10.0 Å². The van der Waals surface area contributed by atoms with Crippen LogP contribution in [0.25, 0.3) is 0 Å². The Balaban J connectivity index is 2.03. The highest BCUT2D eigenvalue weighted by molar-refractivity contribution is 7.89. The molecule has 1 atom stereocenters. The van der Waals surface area contributed by atoms with Crippen molar-refractivity contribution in [2.24, 2.45) is 5.92 Å². The van der Waals surface area contributed by atoms with Gasteiger partial charge in [0.25, 0.3) is 0 Å². The third kappa shape index (κ3) is 2.23. The van der Waals surface area contributed by atoms with E-state index in [0.29, 0.717) is 24.1 Å². The molecule has 5 heteroatoms. The average Bonchev–Trinajstić information content (AvgIpc) is 2.80. The highest BCUT2D eigenvalue weighted by Crippen LogP contribution is 2.33. The second-order valence-electron chi connectivity index (χ2n) is 4.28. The van der Waals surface area contributed by atoms with E-state index in [1.165, 1.54) is 0 Å². The largest absolute Gasteiger partial charge is 0.214 e. The maximum absolute atomic E-state index is 11.9. The quantitative estimate of drug-likeness (QED) is 0.694. The van der Waals surface area contributed by atoms with E-state index in [1.807, 2.05) is 0 Å². The fraction of sp³-hybridized carbons (Fsp3) is 1.00. The average molecular weight is 238 g/mol. The maximum Gasteiger partial charge on any atom is 0.214 e. The summed E-state index contributed by atoms with van der Waals surface area (Å²) in [6, 6.07) is 0.0559. The molecule has 2 aliphatic rings. The molecule has 14 heavy (non-hydrogen) atoms. The van der Waals surface area contributed by atoms with Gasteiger partial charge in [0.15, 0.2) is 0 Å². The number of rotatable bonds is 4. The van der Waals surface area contributed by atoms with E-state index in [-0.39, 0.29) is 6.04 Å². The lowest BCUT2D eigenvalue weighted by Crippen LogP contribution is -2.38. The van der Waals surface area contributed by atoms with Crippen LogP contribution >= 0.6 is 11.6 Å². The Morgan fingerprint density at radius 1 is 1.29 bits per heavy atom. The zero-order valence-corrected chi connectivity index (χ0v) is 9.73. The second kappa shape index (κ2) is 3.99. The first kappa shape index (κ1) is 10.7. The van der Waals surface area contributed by atoms with Crippen LogP contribution in [0, 0.1) is 5.92 Å². The Morgan fingerprint density at radius 2 is 2.00 bits per heavy atom. The van der Waals surface area contributed by atoms with E-state index in [2.05, 4.69) is 0 Å². The first-order valence-electron chi connectivity index (χ1n) is 5.19. The predicted octanol–water partition coefficient (Wildman–Crippen LogP) is 1.43. The molecular formula is C9H16ClNO2S. The molecule has 0 radical (unpaired) electrons. The molecule has 0 bridgehead atoms. The monoisotopic (exact) mass is 237 g/mol. The van der Waals surface area contributed by atoms with Gasteiger partial charge in [0.05, 0.1) is 5.75 Å². The van der Waals surface area contributed by atoms with Crippen molar-refractivity contribution in [2.75, 3.05) is 18.2 Å². The molecule has 0 amide bonds. The van der Waals surface area contributed by atoms with Gasteiger partial charge in [0, 0.05) is 18.5 Å². The summed E-state index contributed by atoms with van der Waals surface area (Å²) in [6.07, 6.45) is 4.05. The number of alkyl halides is 1. The summed E-state index contributed by atoms with van der Waals surface area (Å²) >= 11 is 5.75. The molecule has 1 saturated carbocycles. The topological polar surface area (TPSA) is 37.4 Å². The predicted molar refractivity (Wildman–Crippen MR) is 57.0 cm³/mol. The van der Waals surface area contributed by atoms with Crippen LogP contribution in [0.3, 0.4) is 0 Å². The van der Waals surface area contributed by atoms with Gasteiger partial charge in [-0.15, -0.1) is 11.6 Å². The summed E-state index contributed by atoms with van der Waals surface area (Å²) in [5, 5.41) is 0. The molecule has 2 rings (SSSR count). The molecule has 0 spiro atoms. The van der Waals surface area contributed by atoms with Crippen molar-refractivity contribution >= 4 is 21.6 Å². The minimum absolute atomic E-state index is 0.0559. The highest BCUT2D eigenvalue weighted by Gasteiger charge is 2.37. The van der Waals surface area contributed by atoms with Crippen molar-refractivity contribution < 1.29 is 8.42 Å². The zero-order chi connectivity index (χ0) is 10.2. The van der Waals surface area contributed by atoms with Gasteiger partial charge in [-0.25, -0.2) is 8.42 Å². The molecule has 0 N–H and O–H groups in total. The summed E-state index contributed by atoms with van der Waals surface area (Å²) in [6.45, 7) is 0.673. The van der Waals surface area contributed by atoms with E-state index in [4.69, 9.17) is 11.6 Å². The van der Waals surface area contributed by atoms with Gasteiger partial charge in [-0.1, -0.05) is 0 Å². The van der Waals surface area contributed by atoms with Crippen LogP contribution in [0.2, 0.25) is 0 Å². The minimum Gasteiger partial charge on any atom is -0.212 e. The normalized spacial score (nSPS) is 29.6. The summed E-state index contributed by atoms with van der Waals surface area (Å²) < 4.78 is 25.5. The molecule has 1 heterocycles. The first-order chi connectivity index (χ1) is 6.63. The molecule has 1 unspecified atom stereocenters. The van der Waals surface area contributed by atoms with Crippen molar-refractivity contribution in [3.05, 3.63) is 0 Å². The molecule has 82 valence electrons. The molecule has 1 aliphatic heterocycles. The van der Waals surface area contributed by atoms with Gasteiger partial charge in [-0.05, 0) is 31.6 Å². The smallest absolute Gasteiger partial charge is 0.212 e. The Kier molecular flexibility index (Phi) is 3.05. The number of hydrogen-bond acceptors (Lipinski definition) is 2. The lowest BCUT2D eigenvalue weighted by molar-refractivity contribution is 0.409. The van der Waals surface area contributed by atoms with Crippen LogP contribution in [0.1, 0.15) is 25.7 Å². The third-order valence-corrected chi connectivity index (χ3v) is 5.45. The zero-order valence-electron chi connectivity index (χ0n) is 8.15. The second-order valence-corrected chi connectivity index (χ2v) is 6.56. The van der Waals surface area contributed by atoms with Crippen LogP contribution in [-0.4, -0.2) is 36.9 Å².